The van der Waals surface area contributed by atoms with E-state index in [9.17, 15) is 19.8 Å². The normalized spacial score (nSPS) is 17.1. The van der Waals surface area contributed by atoms with Crippen LogP contribution >= 0.6 is 11.6 Å². The number of aliphatic hydroxyl groups excluding tert-OH is 1. The maximum atomic E-state index is 13.4. The average molecular weight is 508 g/mol. The Morgan fingerprint density at radius 3 is 2.17 bits per heavy atom. The molecule has 7 nitrogen and oxygen atoms in total. The fourth-order valence-electron chi connectivity index (χ4n) is 4.38. The zero-order chi connectivity index (χ0) is 26.1. The van der Waals surface area contributed by atoms with Crippen LogP contribution in [0.2, 0.25) is 5.02 Å². The lowest BCUT2D eigenvalue weighted by molar-refractivity contribution is -0.132. The van der Waals surface area contributed by atoms with Crippen molar-refractivity contribution in [3.63, 3.8) is 0 Å². The number of aromatic hydroxyl groups is 1. The zero-order valence-electron chi connectivity index (χ0n) is 20.3. The molecule has 0 radical (unpaired) electrons. The number of methoxy groups -OCH3 is 2. The van der Waals surface area contributed by atoms with Gasteiger partial charge < -0.3 is 19.7 Å². The van der Waals surface area contributed by atoms with Crippen LogP contribution in [0.5, 0.6) is 17.2 Å². The molecule has 0 saturated carbocycles. The summed E-state index contributed by atoms with van der Waals surface area (Å²) in [5.41, 5.74) is 1.95. The van der Waals surface area contributed by atoms with Crippen molar-refractivity contribution in [1.82, 2.24) is 0 Å². The second kappa shape index (κ2) is 9.95. The third-order valence-electron chi connectivity index (χ3n) is 6.19. The standard InChI is InChI=1S/C28H26ClNO6/c1-15(2)20-13-17(6-11-22(20)35-3)26(32)24-25(16-5-12-23(36-4)21(31)14-16)30(28(34)27(24)33)19-9-7-18(29)8-10-19/h5-15,25,31-32H,1-4H3/b26-24-. The minimum Gasteiger partial charge on any atom is -0.507 e. The highest BCUT2D eigenvalue weighted by Gasteiger charge is 2.47. The lowest BCUT2D eigenvalue weighted by Crippen LogP contribution is -2.29. The number of rotatable bonds is 6. The summed E-state index contributed by atoms with van der Waals surface area (Å²) < 4.78 is 10.6. The van der Waals surface area contributed by atoms with Gasteiger partial charge in [-0.3, -0.25) is 14.5 Å². The number of carbonyl (C=O) groups excluding carboxylic acids is 2. The van der Waals surface area contributed by atoms with Crippen molar-refractivity contribution >= 4 is 34.7 Å². The molecule has 1 saturated heterocycles. The summed E-state index contributed by atoms with van der Waals surface area (Å²) in [7, 11) is 2.99. The van der Waals surface area contributed by atoms with Gasteiger partial charge in [-0.2, -0.15) is 0 Å². The maximum Gasteiger partial charge on any atom is 0.300 e. The van der Waals surface area contributed by atoms with Gasteiger partial charge in [0.15, 0.2) is 11.5 Å². The van der Waals surface area contributed by atoms with Crippen molar-refractivity contribution in [3.8, 4) is 17.2 Å². The number of halogens is 1. The maximum absolute atomic E-state index is 13.4. The number of phenols is 1. The third kappa shape index (κ3) is 4.38. The van der Waals surface area contributed by atoms with Crippen molar-refractivity contribution in [2.24, 2.45) is 0 Å². The van der Waals surface area contributed by atoms with E-state index >= 15 is 0 Å². The van der Waals surface area contributed by atoms with E-state index in [1.54, 1.807) is 55.6 Å². The third-order valence-corrected chi connectivity index (χ3v) is 6.44. The van der Waals surface area contributed by atoms with Crippen LogP contribution in [0.4, 0.5) is 5.69 Å². The number of hydrogen-bond acceptors (Lipinski definition) is 6. The van der Waals surface area contributed by atoms with Crippen LogP contribution in [0.3, 0.4) is 0 Å². The van der Waals surface area contributed by atoms with Crippen LogP contribution in [-0.2, 0) is 9.59 Å². The molecule has 1 unspecified atom stereocenters. The van der Waals surface area contributed by atoms with Crippen LogP contribution in [0.15, 0.2) is 66.2 Å². The summed E-state index contributed by atoms with van der Waals surface area (Å²) in [6.07, 6.45) is 0. The first-order valence-electron chi connectivity index (χ1n) is 11.3. The van der Waals surface area contributed by atoms with Crippen LogP contribution in [-0.4, -0.2) is 36.1 Å². The number of ether oxygens (including phenoxy) is 2. The number of ketones is 1. The molecular weight excluding hydrogens is 482 g/mol. The predicted octanol–water partition coefficient (Wildman–Crippen LogP) is 5.81. The lowest BCUT2D eigenvalue weighted by Gasteiger charge is -2.26. The fourth-order valence-corrected chi connectivity index (χ4v) is 4.51. The number of anilines is 1. The molecule has 1 fully saturated rings. The van der Waals surface area contributed by atoms with Gasteiger partial charge in [-0.25, -0.2) is 0 Å². The van der Waals surface area contributed by atoms with E-state index in [1.807, 2.05) is 13.8 Å². The van der Waals surface area contributed by atoms with Crippen molar-refractivity contribution in [2.45, 2.75) is 25.8 Å². The van der Waals surface area contributed by atoms with Gasteiger partial charge in [0.2, 0.25) is 0 Å². The van der Waals surface area contributed by atoms with Crippen molar-refractivity contribution in [2.75, 3.05) is 19.1 Å². The van der Waals surface area contributed by atoms with Crippen molar-refractivity contribution in [1.29, 1.82) is 0 Å². The number of carbonyl (C=O) groups is 2. The van der Waals surface area contributed by atoms with E-state index in [-0.39, 0.29) is 28.7 Å². The minimum absolute atomic E-state index is 0.0820. The summed E-state index contributed by atoms with van der Waals surface area (Å²) in [4.78, 5) is 27.9. The Kier molecular flexibility index (Phi) is 6.95. The Hall–Kier alpha value is -3.97. The van der Waals surface area contributed by atoms with Crippen LogP contribution in [0.1, 0.15) is 42.5 Å². The Labute approximate surface area is 214 Å². The Balaban J connectivity index is 1.96. The van der Waals surface area contributed by atoms with E-state index in [1.165, 1.54) is 24.1 Å². The van der Waals surface area contributed by atoms with Crippen molar-refractivity contribution in [3.05, 3.63) is 87.9 Å². The average Bonchev–Trinajstić information content (AvgIpc) is 3.13. The van der Waals surface area contributed by atoms with Gasteiger partial charge in [-0.05, 0) is 71.6 Å². The molecule has 0 spiro atoms. The summed E-state index contributed by atoms with van der Waals surface area (Å²) in [5.74, 6) is -1.17. The zero-order valence-corrected chi connectivity index (χ0v) is 21.0. The van der Waals surface area contributed by atoms with Crippen LogP contribution in [0.25, 0.3) is 5.76 Å². The van der Waals surface area contributed by atoms with Gasteiger partial charge in [-0.1, -0.05) is 31.5 Å². The number of Topliss-reactive ketones (excluding diaryl/α,β-unsaturated/α-hetero) is 1. The second-order valence-electron chi connectivity index (χ2n) is 8.69. The number of aliphatic hydroxyl groups is 1. The highest BCUT2D eigenvalue weighted by Crippen LogP contribution is 2.44. The monoisotopic (exact) mass is 507 g/mol. The van der Waals surface area contributed by atoms with E-state index in [2.05, 4.69) is 0 Å². The van der Waals surface area contributed by atoms with E-state index in [0.717, 1.165) is 5.56 Å². The Morgan fingerprint density at radius 2 is 1.58 bits per heavy atom. The van der Waals surface area contributed by atoms with Gasteiger partial charge in [0.1, 0.15) is 11.5 Å². The topological polar surface area (TPSA) is 96.3 Å². The Morgan fingerprint density at radius 1 is 0.944 bits per heavy atom. The minimum atomic E-state index is -1.01. The van der Waals surface area contributed by atoms with E-state index in [4.69, 9.17) is 21.1 Å². The quantitative estimate of drug-likeness (QED) is 0.248. The van der Waals surface area contributed by atoms with Gasteiger partial charge in [0.05, 0.1) is 25.8 Å². The summed E-state index contributed by atoms with van der Waals surface area (Å²) >= 11 is 6.04. The SMILES string of the molecule is COc1ccc(C2/C(=C(/O)c3ccc(OC)c(C(C)C)c3)C(=O)C(=O)N2c2ccc(Cl)cc2)cc1O. The van der Waals surface area contributed by atoms with Gasteiger partial charge in [-0.15, -0.1) is 0 Å². The van der Waals surface area contributed by atoms with Gasteiger partial charge in [0, 0.05) is 16.3 Å². The number of amides is 1. The van der Waals surface area contributed by atoms with Crippen LogP contribution in [0, 0.1) is 0 Å². The Bertz CT molecular complexity index is 1360. The molecule has 3 aromatic rings. The molecule has 1 atom stereocenters. The molecule has 186 valence electrons. The molecule has 4 rings (SSSR count). The van der Waals surface area contributed by atoms with Gasteiger partial charge >= 0.3 is 0 Å². The molecule has 0 bridgehead atoms. The largest absolute Gasteiger partial charge is 0.507 e. The molecule has 0 aromatic heterocycles. The van der Waals surface area contributed by atoms with Gasteiger partial charge in [0.25, 0.3) is 11.7 Å². The highest BCUT2D eigenvalue weighted by molar-refractivity contribution is 6.51. The smallest absolute Gasteiger partial charge is 0.300 e. The number of benzene rings is 3. The molecule has 1 heterocycles. The second-order valence-corrected chi connectivity index (χ2v) is 9.12. The fraction of sp³-hybridized carbons (Fsp3) is 0.214. The summed E-state index contributed by atoms with van der Waals surface area (Å²) in [6, 6.07) is 15.1. The molecule has 2 N–H and O–H groups in total. The first-order valence-corrected chi connectivity index (χ1v) is 11.7. The molecule has 8 heteroatoms. The number of phenolic OH excluding ortho intramolecular Hbond substituents is 1. The molecule has 3 aromatic carbocycles. The molecular formula is C28H26ClNO6. The van der Waals surface area contributed by atoms with E-state index in [0.29, 0.717) is 27.6 Å². The number of nitrogens with zero attached hydrogens (tertiary/aromatic N) is 1. The highest BCUT2D eigenvalue weighted by atomic mass is 35.5. The molecule has 36 heavy (non-hydrogen) atoms. The molecule has 1 aliphatic rings. The molecule has 1 aliphatic heterocycles. The first kappa shape index (κ1) is 25.1. The summed E-state index contributed by atoms with van der Waals surface area (Å²) in [6.45, 7) is 3.97. The predicted molar refractivity (Wildman–Crippen MR) is 138 cm³/mol. The number of hydrogen-bond donors (Lipinski definition) is 2. The molecule has 0 aliphatic carbocycles. The summed E-state index contributed by atoms with van der Waals surface area (Å²) in [5, 5.41) is 22.3. The first-order chi connectivity index (χ1) is 17.2. The van der Waals surface area contributed by atoms with Crippen LogP contribution < -0.4 is 14.4 Å². The molecule has 1 amide bonds. The van der Waals surface area contributed by atoms with E-state index < -0.39 is 17.7 Å². The van der Waals surface area contributed by atoms with Crippen molar-refractivity contribution < 1.29 is 29.3 Å². The lowest BCUT2D eigenvalue weighted by atomic mass is 9.93.